The zero-order valence-corrected chi connectivity index (χ0v) is 11.8. The van der Waals surface area contributed by atoms with Crippen LogP contribution in [0.25, 0.3) is 0 Å². The van der Waals surface area contributed by atoms with Crippen LogP contribution in [-0.2, 0) is 6.42 Å². The molecular formula is C17H23NO. The Hall–Kier alpha value is -1.54. The third-order valence-corrected chi connectivity index (χ3v) is 3.62. The Morgan fingerprint density at radius 1 is 1.05 bits per heavy atom. The van der Waals surface area contributed by atoms with E-state index in [1.54, 1.807) is 6.26 Å². The van der Waals surface area contributed by atoms with E-state index in [0.717, 1.165) is 25.1 Å². The maximum Gasteiger partial charge on any atom is 0.105 e. The molecule has 0 amide bonds. The molecule has 0 aliphatic heterocycles. The number of furan rings is 1. The molecule has 1 heterocycles. The summed E-state index contributed by atoms with van der Waals surface area (Å²) in [5, 5.41) is 3.61. The maximum atomic E-state index is 5.50. The topological polar surface area (TPSA) is 25.2 Å². The van der Waals surface area contributed by atoms with Gasteiger partial charge >= 0.3 is 0 Å². The highest BCUT2D eigenvalue weighted by molar-refractivity contribution is 5.22. The van der Waals surface area contributed by atoms with Crippen molar-refractivity contribution in [2.45, 2.75) is 38.6 Å². The van der Waals surface area contributed by atoms with Gasteiger partial charge in [-0.25, -0.2) is 0 Å². The van der Waals surface area contributed by atoms with Crippen LogP contribution in [0.4, 0.5) is 0 Å². The van der Waals surface area contributed by atoms with Crippen molar-refractivity contribution in [1.82, 2.24) is 5.32 Å². The molecule has 0 bridgehead atoms. The van der Waals surface area contributed by atoms with Gasteiger partial charge in [0.05, 0.1) is 6.26 Å². The summed E-state index contributed by atoms with van der Waals surface area (Å²) in [7, 11) is 0. The van der Waals surface area contributed by atoms with E-state index in [0.29, 0.717) is 12.0 Å². The molecule has 2 atom stereocenters. The molecule has 1 aromatic heterocycles. The minimum Gasteiger partial charge on any atom is -0.469 e. The van der Waals surface area contributed by atoms with E-state index in [4.69, 9.17) is 4.42 Å². The Kier molecular flexibility index (Phi) is 5.22. The van der Waals surface area contributed by atoms with Crippen molar-refractivity contribution in [3.05, 3.63) is 60.1 Å². The second kappa shape index (κ2) is 7.15. The molecule has 2 heteroatoms. The first-order chi connectivity index (χ1) is 9.35. The molecule has 0 radical (unpaired) electrons. The molecule has 0 saturated heterocycles. The first kappa shape index (κ1) is 13.9. The maximum absolute atomic E-state index is 5.50. The zero-order chi connectivity index (χ0) is 13.5. The summed E-state index contributed by atoms with van der Waals surface area (Å²) in [6.07, 6.45) is 3.82. The summed E-state index contributed by atoms with van der Waals surface area (Å²) in [5.41, 5.74) is 1.41. The smallest absolute Gasteiger partial charge is 0.105 e. The van der Waals surface area contributed by atoms with Crippen LogP contribution >= 0.6 is 0 Å². The predicted molar refractivity (Wildman–Crippen MR) is 79.4 cm³/mol. The fourth-order valence-corrected chi connectivity index (χ4v) is 2.72. The van der Waals surface area contributed by atoms with Crippen LogP contribution in [0.5, 0.6) is 0 Å². The average Bonchev–Trinajstić information content (AvgIpc) is 2.94. The van der Waals surface area contributed by atoms with E-state index in [2.05, 4.69) is 55.6 Å². The SMILES string of the molecule is CCNC(Cc1ccco1)C(CC)c1ccccc1. The fourth-order valence-electron chi connectivity index (χ4n) is 2.72. The number of hydrogen-bond donors (Lipinski definition) is 1. The average molecular weight is 257 g/mol. The Balaban J connectivity index is 2.16. The molecule has 0 aliphatic rings. The lowest BCUT2D eigenvalue weighted by molar-refractivity contribution is 0.391. The number of hydrogen-bond acceptors (Lipinski definition) is 2. The summed E-state index contributed by atoms with van der Waals surface area (Å²) in [6.45, 7) is 5.39. The van der Waals surface area contributed by atoms with Crippen LogP contribution < -0.4 is 5.32 Å². The van der Waals surface area contributed by atoms with Gasteiger partial charge < -0.3 is 9.73 Å². The van der Waals surface area contributed by atoms with Gasteiger partial charge in [-0.05, 0) is 36.6 Å². The van der Waals surface area contributed by atoms with Crippen LogP contribution in [0, 0.1) is 0 Å². The second-order valence-corrected chi connectivity index (χ2v) is 4.87. The summed E-state index contributed by atoms with van der Waals surface area (Å²) >= 11 is 0. The van der Waals surface area contributed by atoms with Crippen LogP contribution in [0.3, 0.4) is 0 Å². The highest BCUT2D eigenvalue weighted by atomic mass is 16.3. The van der Waals surface area contributed by atoms with Gasteiger partial charge in [0.2, 0.25) is 0 Å². The second-order valence-electron chi connectivity index (χ2n) is 4.87. The first-order valence-electron chi connectivity index (χ1n) is 7.15. The van der Waals surface area contributed by atoms with Gasteiger partial charge in [-0.1, -0.05) is 44.2 Å². The lowest BCUT2D eigenvalue weighted by Gasteiger charge is -2.27. The molecule has 0 aliphatic carbocycles. The van der Waals surface area contributed by atoms with E-state index >= 15 is 0 Å². The zero-order valence-electron chi connectivity index (χ0n) is 11.8. The Bertz CT molecular complexity index is 449. The summed E-state index contributed by atoms with van der Waals surface area (Å²) < 4.78 is 5.50. The molecule has 0 saturated carbocycles. The van der Waals surface area contributed by atoms with Crippen molar-refractivity contribution in [3.8, 4) is 0 Å². The Labute approximate surface area is 115 Å². The Morgan fingerprint density at radius 2 is 1.84 bits per heavy atom. The number of benzene rings is 1. The molecule has 2 unspecified atom stereocenters. The van der Waals surface area contributed by atoms with E-state index in [-0.39, 0.29) is 0 Å². The molecular weight excluding hydrogens is 234 g/mol. The number of likely N-dealkylation sites (N-methyl/N-ethyl adjacent to an activating group) is 1. The standard InChI is InChI=1S/C17H23NO/c1-3-16(14-9-6-5-7-10-14)17(18-4-2)13-15-11-8-12-19-15/h5-12,16-18H,3-4,13H2,1-2H3. The van der Waals surface area contributed by atoms with E-state index in [1.165, 1.54) is 5.56 Å². The van der Waals surface area contributed by atoms with E-state index < -0.39 is 0 Å². The Morgan fingerprint density at radius 3 is 2.42 bits per heavy atom. The minimum absolute atomic E-state index is 0.420. The molecule has 1 N–H and O–H groups in total. The third-order valence-electron chi connectivity index (χ3n) is 3.62. The molecule has 102 valence electrons. The molecule has 0 spiro atoms. The third kappa shape index (κ3) is 3.71. The van der Waals surface area contributed by atoms with Crippen LogP contribution in [0.2, 0.25) is 0 Å². The van der Waals surface area contributed by atoms with Gasteiger partial charge in [0.25, 0.3) is 0 Å². The molecule has 2 nitrogen and oxygen atoms in total. The van der Waals surface area contributed by atoms with Crippen LogP contribution in [-0.4, -0.2) is 12.6 Å². The molecule has 2 rings (SSSR count). The van der Waals surface area contributed by atoms with Gasteiger partial charge in [-0.3, -0.25) is 0 Å². The van der Waals surface area contributed by atoms with Crippen molar-refractivity contribution >= 4 is 0 Å². The van der Waals surface area contributed by atoms with E-state index in [9.17, 15) is 0 Å². The summed E-state index contributed by atoms with van der Waals surface area (Å²) in [4.78, 5) is 0. The lowest BCUT2D eigenvalue weighted by atomic mass is 9.87. The molecule has 2 aromatic rings. The van der Waals surface area contributed by atoms with Crippen LogP contribution in [0.15, 0.2) is 53.1 Å². The van der Waals surface area contributed by atoms with Gasteiger partial charge in [-0.2, -0.15) is 0 Å². The quantitative estimate of drug-likeness (QED) is 0.811. The predicted octanol–water partition coefficient (Wildman–Crippen LogP) is 3.99. The van der Waals surface area contributed by atoms with Crippen molar-refractivity contribution < 1.29 is 4.42 Å². The highest BCUT2D eigenvalue weighted by Gasteiger charge is 2.21. The summed E-state index contributed by atoms with van der Waals surface area (Å²) in [5.74, 6) is 1.58. The van der Waals surface area contributed by atoms with Gasteiger partial charge in [0, 0.05) is 12.5 Å². The first-order valence-corrected chi connectivity index (χ1v) is 7.15. The van der Waals surface area contributed by atoms with Crippen molar-refractivity contribution in [2.75, 3.05) is 6.54 Å². The molecule has 0 fully saturated rings. The van der Waals surface area contributed by atoms with Crippen LogP contribution in [0.1, 0.15) is 37.5 Å². The minimum atomic E-state index is 0.420. The molecule has 19 heavy (non-hydrogen) atoms. The number of rotatable bonds is 7. The van der Waals surface area contributed by atoms with Crippen molar-refractivity contribution in [3.63, 3.8) is 0 Å². The highest BCUT2D eigenvalue weighted by Crippen LogP contribution is 2.25. The summed E-state index contributed by atoms with van der Waals surface area (Å²) in [6, 6.07) is 15.2. The molecule has 1 aromatic carbocycles. The van der Waals surface area contributed by atoms with E-state index in [1.807, 2.05) is 6.07 Å². The number of nitrogens with one attached hydrogen (secondary N) is 1. The van der Waals surface area contributed by atoms with Gasteiger partial charge in [-0.15, -0.1) is 0 Å². The van der Waals surface area contributed by atoms with Crippen molar-refractivity contribution in [2.24, 2.45) is 0 Å². The van der Waals surface area contributed by atoms with Crippen molar-refractivity contribution in [1.29, 1.82) is 0 Å². The van der Waals surface area contributed by atoms with Gasteiger partial charge in [0.1, 0.15) is 5.76 Å². The monoisotopic (exact) mass is 257 g/mol. The normalized spacial score (nSPS) is 14.2. The fraction of sp³-hybridized carbons (Fsp3) is 0.412. The largest absolute Gasteiger partial charge is 0.469 e. The lowest BCUT2D eigenvalue weighted by Crippen LogP contribution is -2.36. The van der Waals surface area contributed by atoms with Gasteiger partial charge in [0.15, 0.2) is 0 Å².